The number of likely N-dealkylation sites (tertiary alicyclic amines) is 1. The Labute approximate surface area is 170 Å². The summed E-state index contributed by atoms with van der Waals surface area (Å²) in [5, 5.41) is 4.47. The standard InChI is InChI=1S/C23H26N4O2/c1-17-15-27-20(24-17)7-8-21(25-27)29-16-18-9-13-26(14-10-18)22(28)23(11-12-23)19-5-3-2-4-6-19/h2-8,15,18H,9-14,16H2,1H3. The third-order valence-electron chi connectivity index (χ3n) is 6.27. The van der Waals surface area contributed by atoms with E-state index in [4.69, 9.17) is 4.74 Å². The van der Waals surface area contributed by atoms with E-state index in [2.05, 4.69) is 27.1 Å². The smallest absolute Gasteiger partial charge is 0.233 e. The van der Waals surface area contributed by atoms with Crippen LogP contribution >= 0.6 is 0 Å². The Kier molecular flexibility index (Phi) is 4.49. The van der Waals surface area contributed by atoms with Gasteiger partial charge in [-0.05, 0) is 50.2 Å². The Hall–Kier alpha value is -2.89. The summed E-state index contributed by atoms with van der Waals surface area (Å²) in [5.74, 6) is 1.38. The van der Waals surface area contributed by atoms with Crippen molar-refractivity contribution in [2.75, 3.05) is 19.7 Å². The van der Waals surface area contributed by atoms with Gasteiger partial charge in [-0.15, -0.1) is 5.10 Å². The van der Waals surface area contributed by atoms with Crippen LogP contribution in [0.2, 0.25) is 0 Å². The molecule has 1 saturated heterocycles. The number of hydrogen-bond acceptors (Lipinski definition) is 4. The van der Waals surface area contributed by atoms with E-state index in [9.17, 15) is 4.79 Å². The number of imidazole rings is 1. The molecule has 6 heteroatoms. The molecule has 1 aromatic carbocycles. The summed E-state index contributed by atoms with van der Waals surface area (Å²) in [6, 6.07) is 14.1. The number of carbonyl (C=O) groups excluding carboxylic acids is 1. The highest BCUT2D eigenvalue weighted by atomic mass is 16.5. The van der Waals surface area contributed by atoms with E-state index in [1.807, 2.05) is 43.5 Å². The molecule has 0 atom stereocenters. The zero-order valence-electron chi connectivity index (χ0n) is 16.8. The minimum Gasteiger partial charge on any atom is -0.476 e. The molecule has 0 unspecified atom stereocenters. The second-order valence-electron chi connectivity index (χ2n) is 8.35. The second-order valence-corrected chi connectivity index (χ2v) is 8.35. The molecule has 1 aliphatic carbocycles. The second kappa shape index (κ2) is 7.17. The number of hydrogen-bond donors (Lipinski definition) is 0. The fraction of sp³-hybridized carbons (Fsp3) is 0.435. The van der Waals surface area contributed by atoms with Crippen molar-refractivity contribution in [2.45, 2.75) is 38.0 Å². The summed E-state index contributed by atoms with van der Waals surface area (Å²) in [4.78, 5) is 19.6. The van der Waals surface area contributed by atoms with Crippen LogP contribution in [-0.4, -0.2) is 45.1 Å². The van der Waals surface area contributed by atoms with Gasteiger partial charge in [-0.3, -0.25) is 4.79 Å². The molecule has 2 aromatic heterocycles. The number of aromatic nitrogens is 3. The van der Waals surface area contributed by atoms with E-state index in [0.717, 1.165) is 50.1 Å². The maximum absolute atomic E-state index is 13.2. The van der Waals surface area contributed by atoms with Crippen LogP contribution in [0.3, 0.4) is 0 Å². The van der Waals surface area contributed by atoms with Crippen LogP contribution in [0.5, 0.6) is 5.88 Å². The van der Waals surface area contributed by atoms with E-state index in [-0.39, 0.29) is 5.41 Å². The van der Waals surface area contributed by atoms with Crippen LogP contribution in [0.1, 0.15) is 36.9 Å². The van der Waals surface area contributed by atoms with Gasteiger partial charge in [-0.25, -0.2) is 9.50 Å². The molecule has 0 radical (unpaired) electrons. The number of ether oxygens (including phenoxy) is 1. The maximum Gasteiger partial charge on any atom is 0.233 e. The molecule has 0 spiro atoms. The number of piperidine rings is 1. The molecule has 2 aliphatic rings. The molecular weight excluding hydrogens is 364 g/mol. The van der Waals surface area contributed by atoms with Crippen LogP contribution in [0.15, 0.2) is 48.7 Å². The first-order valence-corrected chi connectivity index (χ1v) is 10.4. The zero-order valence-corrected chi connectivity index (χ0v) is 16.8. The van der Waals surface area contributed by atoms with Crippen molar-refractivity contribution in [3.63, 3.8) is 0 Å². The molecule has 3 aromatic rings. The van der Waals surface area contributed by atoms with Crippen molar-refractivity contribution in [3.8, 4) is 5.88 Å². The lowest BCUT2D eigenvalue weighted by molar-refractivity contribution is -0.135. The Morgan fingerprint density at radius 3 is 2.62 bits per heavy atom. The van der Waals surface area contributed by atoms with Crippen molar-refractivity contribution in [3.05, 3.63) is 59.9 Å². The average Bonchev–Trinajstić information content (AvgIpc) is 3.48. The lowest BCUT2D eigenvalue weighted by Crippen LogP contribution is -2.44. The molecule has 1 amide bonds. The van der Waals surface area contributed by atoms with Crippen LogP contribution < -0.4 is 4.74 Å². The lowest BCUT2D eigenvalue weighted by Gasteiger charge is -2.34. The number of rotatable bonds is 5. The quantitative estimate of drug-likeness (QED) is 0.670. The van der Waals surface area contributed by atoms with Gasteiger partial charge >= 0.3 is 0 Å². The predicted octanol–water partition coefficient (Wildman–Crippen LogP) is 3.39. The van der Waals surface area contributed by atoms with Crippen LogP contribution in [-0.2, 0) is 10.2 Å². The molecule has 6 nitrogen and oxygen atoms in total. The molecule has 29 heavy (non-hydrogen) atoms. The van der Waals surface area contributed by atoms with Gasteiger partial charge in [0, 0.05) is 19.2 Å². The highest BCUT2D eigenvalue weighted by Gasteiger charge is 2.53. The monoisotopic (exact) mass is 390 g/mol. The molecular formula is C23H26N4O2. The SMILES string of the molecule is Cc1cn2nc(OCC3CCN(C(=O)C4(c5ccccc5)CC4)CC3)ccc2n1. The van der Waals surface area contributed by atoms with Gasteiger partial charge in [0.15, 0.2) is 5.65 Å². The summed E-state index contributed by atoms with van der Waals surface area (Å²) in [6.45, 7) is 4.22. The molecule has 150 valence electrons. The minimum absolute atomic E-state index is 0.257. The fourth-order valence-corrected chi connectivity index (χ4v) is 4.38. The fourth-order valence-electron chi connectivity index (χ4n) is 4.38. The Bertz CT molecular complexity index is 1020. The van der Waals surface area contributed by atoms with Crippen molar-refractivity contribution in [1.29, 1.82) is 0 Å². The van der Waals surface area contributed by atoms with E-state index in [1.54, 1.807) is 4.52 Å². The molecule has 0 bridgehead atoms. The highest BCUT2D eigenvalue weighted by Crippen LogP contribution is 2.49. The number of amides is 1. The summed E-state index contributed by atoms with van der Waals surface area (Å²) < 4.78 is 7.70. The van der Waals surface area contributed by atoms with Crippen molar-refractivity contribution >= 4 is 11.6 Å². The number of aryl methyl sites for hydroxylation is 1. The van der Waals surface area contributed by atoms with Gasteiger partial charge in [0.05, 0.1) is 23.9 Å². The van der Waals surface area contributed by atoms with E-state index in [0.29, 0.717) is 24.3 Å². The normalized spacial score (nSPS) is 18.7. The van der Waals surface area contributed by atoms with Crippen molar-refractivity contribution < 1.29 is 9.53 Å². The molecule has 2 fully saturated rings. The molecule has 3 heterocycles. The van der Waals surface area contributed by atoms with Gasteiger partial charge in [-0.2, -0.15) is 0 Å². The van der Waals surface area contributed by atoms with Gasteiger partial charge in [0.25, 0.3) is 0 Å². The Balaban J connectivity index is 1.16. The first-order chi connectivity index (χ1) is 14.1. The van der Waals surface area contributed by atoms with Crippen molar-refractivity contribution in [1.82, 2.24) is 19.5 Å². The number of carbonyl (C=O) groups is 1. The van der Waals surface area contributed by atoms with Gasteiger partial charge < -0.3 is 9.64 Å². The molecule has 5 rings (SSSR count). The van der Waals surface area contributed by atoms with Crippen LogP contribution in [0.4, 0.5) is 0 Å². The molecule has 1 aliphatic heterocycles. The highest BCUT2D eigenvalue weighted by molar-refractivity contribution is 5.91. The first-order valence-electron chi connectivity index (χ1n) is 10.4. The number of fused-ring (bicyclic) bond motifs is 1. The van der Waals surface area contributed by atoms with E-state index >= 15 is 0 Å². The molecule has 0 N–H and O–H groups in total. The third-order valence-corrected chi connectivity index (χ3v) is 6.27. The summed E-state index contributed by atoms with van der Waals surface area (Å²) >= 11 is 0. The zero-order chi connectivity index (χ0) is 19.8. The van der Waals surface area contributed by atoms with Crippen LogP contribution in [0, 0.1) is 12.8 Å². The van der Waals surface area contributed by atoms with Crippen molar-refractivity contribution in [2.24, 2.45) is 5.92 Å². The average molecular weight is 390 g/mol. The number of benzene rings is 1. The Morgan fingerprint density at radius 2 is 1.90 bits per heavy atom. The van der Waals surface area contributed by atoms with E-state index < -0.39 is 0 Å². The maximum atomic E-state index is 13.2. The lowest BCUT2D eigenvalue weighted by atomic mass is 9.91. The largest absolute Gasteiger partial charge is 0.476 e. The third kappa shape index (κ3) is 3.48. The summed E-state index contributed by atoms with van der Waals surface area (Å²) in [7, 11) is 0. The Morgan fingerprint density at radius 1 is 1.14 bits per heavy atom. The minimum atomic E-state index is -0.257. The van der Waals surface area contributed by atoms with E-state index in [1.165, 1.54) is 5.56 Å². The first kappa shape index (κ1) is 18.2. The predicted molar refractivity (Wildman–Crippen MR) is 110 cm³/mol. The summed E-state index contributed by atoms with van der Waals surface area (Å²) in [5.41, 5.74) is 2.68. The number of nitrogens with zero attached hydrogens (tertiary/aromatic N) is 4. The van der Waals surface area contributed by atoms with Gasteiger partial charge in [-0.1, -0.05) is 30.3 Å². The van der Waals surface area contributed by atoms with Crippen LogP contribution in [0.25, 0.3) is 5.65 Å². The summed E-state index contributed by atoms with van der Waals surface area (Å²) in [6.07, 6.45) is 5.79. The molecule has 1 saturated carbocycles. The van der Waals surface area contributed by atoms with Gasteiger partial charge in [0.2, 0.25) is 11.8 Å². The topological polar surface area (TPSA) is 59.7 Å². The van der Waals surface area contributed by atoms with Gasteiger partial charge in [0.1, 0.15) is 0 Å².